The first-order valence-corrected chi connectivity index (χ1v) is 5.88. The molecule has 2 N–H and O–H groups in total. The van der Waals surface area contributed by atoms with Crippen LogP contribution in [0.2, 0.25) is 0 Å². The summed E-state index contributed by atoms with van der Waals surface area (Å²) in [5.74, 6) is -0.320. The number of rotatable bonds is 3. The average molecular weight is 269 g/mol. The van der Waals surface area contributed by atoms with Gasteiger partial charge in [-0.2, -0.15) is 5.10 Å². The van der Waals surface area contributed by atoms with Gasteiger partial charge < -0.3 is 10.4 Å². The first-order valence-electron chi connectivity index (χ1n) is 5.88. The number of anilines is 2. The Labute approximate surface area is 113 Å². The lowest BCUT2D eigenvalue weighted by Gasteiger charge is -2.06. The molecule has 0 spiro atoms. The molecule has 0 bridgehead atoms. The minimum Gasteiger partial charge on any atom is -0.478 e. The van der Waals surface area contributed by atoms with Crippen molar-refractivity contribution in [2.24, 2.45) is 7.05 Å². The molecule has 0 fully saturated rings. The summed E-state index contributed by atoms with van der Waals surface area (Å²) in [7, 11) is 1.81. The Morgan fingerprint density at radius 2 is 2.00 bits per heavy atom. The first-order chi connectivity index (χ1) is 9.65. The van der Waals surface area contributed by atoms with Crippen LogP contribution in [0.5, 0.6) is 0 Å². The van der Waals surface area contributed by atoms with Crippen molar-refractivity contribution in [1.82, 2.24) is 19.7 Å². The Morgan fingerprint density at radius 1 is 1.25 bits per heavy atom. The fraction of sp³-hybridized carbons (Fsp3) is 0.0769. The van der Waals surface area contributed by atoms with Gasteiger partial charge in [0.1, 0.15) is 12.1 Å². The second-order valence-corrected chi connectivity index (χ2v) is 4.24. The van der Waals surface area contributed by atoms with E-state index in [0.717, 1.165) is 16.7 Å². The Kier molecular flexibility index (Phi) is 2.79. The van der Waals surface area contributed by atoms with E-state index < -0.39 is 5.97 Å². The number of fused-ring (bicyclic) bond motifs is 1. The van der Waals surface area contributed by atoms with Crippen LogP contribution in [0.25, 0.3) is 11.0 Å². The van der Waals surface area contributed by atoms with E-state index in [-0.39, 0.29) is 5.56 Å². The Balaban J connectivity index is 1.95. The van der Waals surface area contributed by atoms with Crippen LogP contribution < -0.4 is 5.32 Å². The van der Waals surface area contributed by atoms with Crippen LogP contribution in [0.1, 0.15) is 10.4 Å². The van der Waals surface area contributed by atoms with Gasteiger partial charge in [0, 0.05) is 12.7 Å². The lowest BCUT2D eigenvalue weighted by Crippen LogP contribution is -1.99. The molecule has 2 aromatic heterocycles. The molecular formula is C13H11N5O2. The number of aromatic carboxylic acids is 1. The van der Waals surface area contributed by atoms with E-state index in [1.807, 2.05) is 0 Å². The normalized spacial score (nSPS) is 10.7. The molecule has 0 unspecified atom stereocenters. The molecule has 20 heavy (non-hydrogen) atoms. The van der Waals surface area contributed by atoms with Gasteiger partial charge >= 0.3 is 5.97 Å². The predicted molar refractivity (Wildman–Crippen MR) is 73.0 cm³/mol. The van der Waals surface area contributed by atoms with Crippen molar-refractivity contribution in [3.05, 3.63) is 42.4 Å². The molecule has 7 heteroatoms. The molecule has 0 radical (unpaired) electrons. The van der Waals surface area contributed by atoms with E-state index >= 15 is 0 Å². The standard InChI is InChI=1S/C13H11N5O2/c1-18-12-10(6-16-18)11(14-7-15-12)17-9-4-2-8(3-5-9)13(19)20/h2-7H,1H3,(H,19,20)(H,14,15,17). The van der Waals surface area contributed by atoms with Crippen LogP contribution in [0, 0.1) is 0 Å². The van der Waals surface area contributed by atoms with Crippen molar-refractivity contribution >= 4 is 28.5 Å². The van der Waals surface area contributed by atoms with Crippen molar-refractivity contribution in [2.75, 3.05) is 5.32 Å². The molecule has 0 aliphatic rings. The lowest BCUT2D eigenvalue weighted by molar-refractivity contribution is 0.0697. The van der Waals surface area contributed by atoms with Crippen LogP contribution in [0.3, 0.4) is 0 Å². The van der Waals surface area contributed by atoms with E-state index in [4.69, 9.17) is 5.11 Å². The topological polar surface area (TPSA) is 92.9 Å². The fourth-order valence-electron chi connectivity index (χ4n) is 1.89. The number of aryl methyl sites for hydroxylation is 1. The molecule has 0 saturated heterocycles. The van der Waals surface area contributed by atoms with Crippen LogP contribution >= 0.6 is 0 Å². The number of hydrogen-bond donors (Lipinski definition) is 2. The Morgan fingerprint density at radius 3 is 2.70 bits per heavy atom. The molecule has 100 valence electrons. The maximum absolute atomic E-state index is 10.8. The van der Waals surface area contributed by atoms with Gasteiger partial charge in [-0.05, 0) is 24.3 Å². The van der Waals surface area contributed by atoms with Crippen LogP contribution in [0.15, 0.2) is 36.8 Å². The van der Waals surface area contributed by atoms with Crippen molar-refractivity contribution in [1.29, 1.82) is 0 Å². The highest BCUT2D eigenvalue weighted by Crippen LogP contribution is 2.22. The van der Waals surface area contributed by atoms with E-state index in [1.165, 1.54) is 18.5 Å². The maximum Gasteiger partial charge on any atom is 0.335 e. The van der Waals surface area contributed by atoms with Crippen molar-refractivity contribution < 1.29 is 9.90 Å². The first kappa shape index (κ1) is 12.1. The molecular weight excluding hydrogens is 258 g/mol. The molecule has 0 aliphatic carbocycles. The molecule has 0 atom stereocenters. The zero-order valence-electron chi connectivity index (χ0n) is 10.6. The highest BCUT2D eigenvalue weighted by Gasteiger charge is 2.08. The van der Waals surface area contributed by atoms with Crippen LogP contribution in [-0.2, 0) is 7.05 Å². The Bertz CT molecular complexity index is 779. The number of hydrogen-bond acceptors (Lipinski definition) is 5. The summed E-state index contributed by atoms with van der Waals surface area (Å²) < 4.78 is 1.66. The molecule has 3 rings (SSSR count). The van der Waals surface area contributed by atoms with Crippen molar-refractivity contribution in [3.63, 3.8) is 0 Å². The van der Waals surface area contributed by atoms with E-state index in [9.17, 15) is 4.79 Å². The van der Waals surface area contributed by atoms with E-state index in [0.29, 0.717) is 5.82 Å². The number of nitrogens with zero attached hydrogens (tertiary/aromatic N) is 4. The van der Waals surface area contributed by atoms with Gasteiger partial charge in [-0.25, -0.2) is 14.8 Å². The molecule has 7 nitrogen and oxygen atoms in total. The summed E-state index contributed by atoms with van der Waals surface area (Å²) >= 11 is 0. The molecule has 3 aromatic rings. The van der Waals surface area contributed by atoms with Crippen molar-refractivity contribution in [2.45, 2.75) is 0 Å². The number of nitrogens with one attached hydrogen (secondary N) is 1. The minimum absolute atomic E-state index is 0.241. The van der Waals surface area contributed by atoms with Gasteiger partial charge in [-0.15, -0.1) is 0 Å². The zero-order valence-corrected chi connectivity index (χ0v) is 10.6. The Hall–Kier alpha value is -2.96. The summed E-state index contributed by atoms with van der Waals surface area (Å²) in [5.41, 5.74) is 1.72. The summed E-state index contributed by atoms with van der Waals surface area (Å²) in [6.07, 6.45) is 3.14. The average Bonchev–Trinajstić information content (AvgIpc) is 2.82. The molecule has 0 aliphatic heterocycles. The van der Waals surface area contributed by atoms with E-state index in [1.54, 1.807) is 30.1 Å². The highest BCUT2D eigenvalue weighted by atomic mass is 16.4. The minimum atomic E-state index is -0.951. The van der Waals surface area contributed by atoms with Gasteiger partial charge in [0.15, 0.2) is 5.65 Å². The second-order valence-electron chi connectivity index (χ2n) is 4.24. The SMILES string of the molecule is Cn1ncc2c(Nc3ccc(C(=O)O)cc3)ncnc21. The third-order valence-corrected chi connectivity index (χ3v) is 2.92. The number of aromatic nitrogens is 4. The highest BCUT2D eigenvalue weighted by molar-refractivity contribution is 5.90. The third kappa shape index (κ3) is 2.05. The summed E-state index contributed by atoms with van der Waals surface area (Å²) in [6.45, 7) is 0. The third-order valence-electron chi connectivity index (χ3n) is 2.92. The van der Waals surface area contributed by atoms with Gasteiger partial charge in [0.05, 0.1) is 17.1 Å². The van der Waals surface area contributed by atoms with Gasteiger partial charge in [-0.3, -0.25) is 4.68 Å². The van der Waals surface area contributed by atoms with Gasteiger partial charge in [0.25, 0.3) is 0 Å². The van der Waals surface area contributed by atoms with Crippen LogP contribution in [-0.4, -0.2) is 30.8 Å². The van der Waals surface area contributed by atoms with E-state index in [2.05, 4.69) is 20.4 Å². The molecule has 1 aromatic carbocycles. The lowest BCUT2D eigenvalue weighted by atomic mass is 10.2. The summed E-state index contributed by atoms with van der Waals surface area (Å²) in [4.78, 5) is 19.1. The van der Waals surface area contributed by atoms with Crippen LogP contribution in [0.4, 0.5) is 11.5 Å². The molecule has 0 amide bonds. The zero-order chi connectivity index (χ0) is 14.1. The quantitative estimate of drug-likeness (QED) is 0.753. The largest absolute Gasteiger partial charge is 0.478 e. The number of carboxylic acid groups (broad SMARTS) is 1. The number of carbonyl (C=O) groups is 1. The molecule has 2 heterocycles. The molecule has 0 saturated carbocycles. The van der Waals surface area contributed by atoms with Gasteiger partial charge in [0.2, 0.25) is 0 Å². The number of carboxylic acids is 1. The smallest absolute Gasteiger partial charge is 0.335 e. The fourth-order valence-corrected chi connectivity index (χ4v) is 1.89. The summed E-state index contributed by atoms with van der Waals surface area (Å²) in [5, 5.41) is 16.9. The monoisotopic (exact) mass is 269 g/mol. The van der Waals surface area contributed by atoms with Gasteiger partial charge in [-0.1, -0.05) is 0 Å². The van der Waals surface area contributed by atoms with Crippen molar-refractivity contribution in [3.8, 4) is 0 Å². The maximum atomic E-state index is 10.8. The predicted octanol–water partition coefficient (Wildman–Crippen LogP) is 1.81. The summed E-state index contributed by atoms with van der Waals surface area (Å²) in [6, 6.07) is 6.44. The number of benzene rings is 1. The second kappa shape index (κ2) is 4.61.